The molecule has 8 nitrogen and oxygen atoms in total. The second kappa shape index (κ2) is 8.13. The van der Waals surface area contributed by atoms with E-state index in [1.807, 2.05) is 5.43 Å². The van der Waals surface area contributed by atoms with E-state index in [9.17, 15) is 27.9 Å². The largest absolute Gasteiger partial charge is 0.493 e. The summed E-state index contributed by atoms with van der Waals surface area (Å²) in [5, 5.41) is 9.25. The van der Waals surface area contributed by atoms with Crippen LogP contribution >= 0.6 is 0 Å². The average molecular weight is 380 g/mol. The molecule has 0 aromatic heterocycles. The third-order valence-electron chi connectivity index (χ3n) is 3.36. The van der Waals surface area contributed by atoms with Crippen LogP contribution in [0.4, 0.5) is 13.2 Å². The van der Waals surface area contributed by atoms with Crippen molar-refractivity contribution in [1.29, 1.82) is 0 Å². The standard InChI is InChI=1S/C15H19F3N2O6/c1-14(23,15(16,17)18)7-11(21)19-20-13(22)8-5-9(24-2)12(26-4)10(6-8)25-3/h5-6,23H,7H2,1-4H3,(H,19,21)(H,20,22)/t14-/m1/s1. The lowest BCUT2D eigenvalue weighted by atomic mass is 10.0. The quantitative estimate of drug-likeness (QED) is 0.640. The minimum absolute atomic E-state index is 0.0117. The second-order valence-corrected chi connectivity index (χ2v) is 5.36. The lowest BCUT2D eigenvalue weighted by Gasteiger charge is -2.25. The van der Waals surface area contributed by atoms with E-state index in [0.717, 1.165) is 0 Å². The molecular formula is C15H19F3N2O6. The summed E-state index contributed by atoms with van der Waals surface area (Å²) >= 11 is 0. The Balaban J connectivity index is 2.84. The van der Waals surface area contributed by atoms with E-state index >= 15 is 0 Å². The number of hydrogen-bond donors (Lipinski definition) is 3. The Morgan fingerprint density at radius 1 is 1.04 bits per heavy atom. The van der Waals surface area contributed by atoms with Gasteiger partial charge in [0.25, 0.3) is 5.91 Å². The van der Waals surface area contributed by atoms with E-state index in [1.54, 1.807) is 5.43 Å². The smallest absolute Gasteiger partial charge is 0.417 e. The molecule has 3 N–H and O–H groups in total. The van der Waals surface area contributed by atoms with Gasteiger partial charge in [-0.2, -0.15) is 13.2 Å². The van der Waals surface area contributed by atoms with E-state index in [-0.39, 0.29) is 22.8 Å². The minimum Gasteiger partial charge on any atom is -0.493 e. The fourth-order valence-corrected chi connectivity index (χ4v) is 1.87. The zero-order valence-electron chi connectivity index (χ0n) is 14.5. The third-order valence-corrected chi connectivity index (χ3v) is 3.36. The van der Waals surface area contributed by atoms with Crippen LogP contribution in [0.15, 0.2) is 12.1 Å². The van der Waals surface area contributed by atoms with Gasteiger partial charge in [0, 0.05) is 5.56 Å². The van der Waals surface area contributed by atoms with Crippen LogP contribution in [0.1, 0.15) is 23.7 Å². The number of benzene rings is 1. The lowest BCUT2D eigenvalue weighted by Crippen LogP contribution is -2.49. The minimum atomic E-state index is -4.99. The van der Waals surface area contributed by atoms with Crippen LogP contribution in [0, 0.1) is 0 Å². The Labute approximate surface area is 147 Å². The van der Waals surface area contributed by atoms with Crippen molar-refractivity contribution in [1.82, 2.24) is 10.9 Å². The normalized spacial score (nSPS) is 13.4. The molecule has 26 heavy (non-hydrogen) atoms. The Morgan fingerprint density at radius 2 is 1.54 bits per heavy atom. The molecule has 0 aliphatic rings. The van der Waals surface area contributed by atoms with Gasteiger partial charge >= 0.3 is 6.18 Å². The Morgan fingerprint density at radius 3 is 1.92 bits per heavy atom. The second-order valence-electron chi connectivity index (χ2n) is 5.36. The van der Waals surface area contributed by atoms with Crippen molar-refractivity contribution in [2.24, 2.45) is 0 Å². The first-order valence-corrected chi connectivity index (χ1v) is 7.15. The van der Waals surface area contributed by atoms with E-state index in [1.165, 1.54) is 33.5 Å². The monoisotopic (exact) mass is 380 g/mol. The molecule has 0 aliphatic carbocycles. The summed E-state index contributed by atoms with van der Waals surface area (Å²) in [5.41, 5.74) is 0.506. The molecule has 146 valence electrons. The first-order chi connectivity index (χ1) is 12.0. The molecule has 0 aliphatic heterocycles. The first kappa shape index (κ1) is 21.4. The van der Waals surface area contributed by atoms with Crippen molar-refractivity contribution in [3.63, 3.8) is 0 Å². The molecule has 1 aromatic rings. The molecule has 0 saturated heterocycles. The molecular weight excluding hydrogens is 361 g/mol. The molecule has 11 heteroatoms. The van der Waals surface area contributed by atoms with Gasteiger partial charge in [-0.15, -0.1) is 0 Å². The summed E-state index contributed by atoms with van der Waals surface area (Å²) in [7, 11) is 4.03. The molecule has 1 aromatic carbocycles. The maximum absolute atomic E-state index is 12.5. The number of aliphatic hydroxyl groups is 1. The van der Waals surface area contributed by atoms with E-state index < -0.39 is 30.0 Å². The van der Waals surface area contributed by atoms with Crippen molar-refractivity contribution >= 4 is 11.8 Å². The van der Waals surface area contributed by atoms with Crippen LogP contribution in [0.25, 0.3) is 0 Å². The van der Waals surface area contributed by atoms with Crippen molar-refractivity contribution in [2.45, 2.75) is 25.1 Å². The van der Waals surface area contributed by atoms with Crippen LogP contribution in [0.3, 0.4) is 0 Å². The number of hydrazine groups is 1. The summed E-state index contributed by atoms with van der Waals surface area (Å²) < 4.78 is 52.8. The fourth-order valence-electron chi connectivity index (χ4n) is 1.87. The van der Waals surface area contributed by atoms with Crippen LogP contribution in [-0.2, 0) is 4.79 Å². The maximum atomic E-state index is 12.5. The third kappa shape index (κ3) is 4.91. The molecule has 1 rings (SSSR count). The predicted molar refractivity (Wildman–Crippen MR) is 83.0 cm³/mol. The predicted octanol–water partition coefficient (Wildman–Crippen LogP) is 1.18. The highest BCUT2D eigenvalue weighted by Gasteiger charge is 2.51. The molecule has 0 spiro atoms. The summed E-state index contributed by atoms with van der Waals surface area (Å²) in [5.74, 6) is -1.50. The zero-order valence-corrected chi connectivity index (χ0v) is 14.5. The van der Waals surface area contributed by atoms with Crippen molar-refractivity contribution < 1.29 is 42.1 Å². The fraction of sp³-hybridized carbons (Fsp3) is 0.467. The Kier molecular flexibility index (Phi) is 6.67. The number of nitrogens with one attached hydrogen (secondary N) is 2. The summed E-state index contributed by atoms with van der Waals surface area (Å²) in [6.45, 7) is 0.452. The molecule has 1 atom stereocenters. The highest BCUT2D eigenvalue weighted by molar-refractivity contribution is 5.96. The number of rotatable bonds is 6. The van der Waals surface area contributed by atoms with E-state index in [4.69, 9.17) is 14.2 Å². The molecule has 0 radical (unpaired) electrons. The molecule has 0 unspecified atom stereocenters. The number of carbonyl (C=O) groups is 2. The topological polar surface area (TPSA) is 106 Å². The van der Waals surface area contributed by atoms with Crippen LogP contribution in [0.5, 0.6) is 17.2 Å². The summed E-state index contributed by atoms with van der Waals surface area (Å²) in [6.07, 6.45) is -6.28. The van der Waals surface area contributed by atoms with Gasteiger partial charge in [0.05, 0.1) is 27.8 Å². The molecule has 2 amide bonds. The van der Waals surface area contributed by atoms with Crippen LogP contribution in [-0.4, -0.2) is 50.0 Å². The Hall–Kier alpha value is -2.69. The molecule has 0 saturated carbocycles. The number of halogens is 3. The van der Waals surface area contributed by atoms with Gasteiger partial charge in [0.1, 0.15) is 0 Å². The number of methoxy groups -OCH3 is 3. The number of hydrogen-bond acceptors (Lipinski definition) is 6. The number of carbonyl (C=O) groups excluding carboxylic acids is 2. The number of alkyl halides is 3. The number of ether oxygens (including phenoxy) is 3. The van der Waals surface area contributed by atoms with Crippen molar-refractivity contribution in [3.8, 4) is 17.2 Å². The average Bonchev–Trinajstić information content (AvgIpc) is 2.56. The van der Waals surface area contributed by atoms with Crippen molar-refractivity contribution in [3.05, 3.63) is 17.7 Å². The van der Waals surface area contributed by atoms with Gasteiger partial charge in [-0.1, -0.05) is 0 Å². The number of amides is 2. The molecule has 0 fully saturated rings. The highest BCUT2D eigenvalue weighted by Crippen LogP contribution is 2.38. The van der Waals surface area contributed by atoms with Crippen molar-refractivity contribution in [2.75, 3.05) is 21.3 Å². The zero-order chi connectivity index (χ0) is 20.1. The highest BCUT2D eigenvalue weighted by atomic mass is 19.4. The van der Waals surface area contributed by atoms with Gasteiger partial charge in [0.15, 0.2) is 17.1 Å². The van der Waals surface area contributed by atoms with Crippen LogP contribution < -0.4 is 25.1 Å². The van der Waals surface area contributed by atoms with Gasteiger partial charge in [0.2, 0.25) is 11.7 Å². The summed E-state index contributed by atoms with van der Waals surface area (Å²) in [6, 6.07) is 2.57. The summed E-state index contributed by atoms with van der Waals surface area (Å²) in [4.78, 5) is 23.6. The molecule has 0 bridgehead atoms. The SMILES string of the molecule is COc1cc(C(=O)NNC(=O)C[C@@](C)(O)C(F)(F)F)cc(OC)c1OC. The van der Waals surface area contributed by atoms with Gasteiger partial charge in [-0.25, -0.2) is 0 Å². The lowest BCUT2D eigenvalue weighted by molar-refractivity contribution is -0.253. The first-order valence-electron chi connectivity index (χ1n) is 7.15. The van der Waals surface area contributed by atoms with Gasteiger partial charge in [-0.05, 0) is 19.1 Å². The molecule has 0 heterocycles. The Bertz CT molecular complexity index is 651. The van der Waals surface area contributed by atoms with E-state index in [0.29, 0.717) is 6.92 Å². The van der Waals surface area contributed by atoms with Crippen LogP contribution in [0.2, 0.25) is 0 Å². The van der Waals surface area contributed by atoms with Gasteiger partial charge in [-0.3, -0.25) is 20.4 Å². The maximum Gasteiger partial charge on any atom is 0.417 e. The van der Waals surface area contributed by atoms with E-state index in [2.05, 4.69) is 0 Å². The van der Waals surface area contributed by atoms with Gasteiger partial charge < -0.3 is 19.3 Å².